The van der Waals surface area contributed by atoms with Crippen LogP contribution in [0.5, 0.6) is 5.75 Å². The summed E-state index contributed by atoms with van der Waals surface area (Å²) in [5.74, 6) is 0.756. The normalized spacial score (nSPS) is 20.9. The SMILES string of the molecule is CCOc1cc(NCC2CN(C)CCN2C)ccc1N. The summed E-state index contributed by atoms with van der Waals surface area (Å²) >= 11 is 0. The highest BCUT2D eigenvalue weighted by Crippen LogP contribution is 2.25. The Bertz CT molecular complexity index is 438. The minimum Gasteiger partial charge on any atom is -0.492 e. The maximum Gasteiger partial charge on any atom is 0.144 e. The van der Waals surface area contributed by atoms with Gasteiger partial charge in [0, 0.05) is 44.0 Å². The topological polar surface area (TPSA) is 53.8 Å². The van der Waals surface area contributed by atoms with E-state index in [0.29, 0.717) is 18.3 Å². The van der Waals surface area contributed by atoms with E-state index < -0.39 is 0 Å². The van der Waals surface area contributed by atoms with Gasteiger partial charge < -0.3 is 20.7 Å². The molecule has 112 valence electrons. The fourth-order valence-electron chi connectivity index (χ4n) is 2.48. The predicted molar refractivity (Wildman–Crippen MR) is 84.4 cm³/mol. The molecule has 0 spiro atoms. The Labute approximate surface area is 121 Å². The van der Waals surface area contributed by atoms with Gasteiger partial charge in [0.25, 0.3) is 0 Å². The number of hydrogen-bond donors (Lipinski definition) is 2. The van der Waals surface area contributed by atoms with Crippen LogP contribution in [0.25, 0.3) is 0 Å². The van der Waals surface area contributed by atoms with Gasteiger partial charge in [-0.1, -0.05) is 0 Å². The number of rotatable bonds is 5. The fourth-order valence-corrected chi connectivity index (χ4v) is 2.48. The van der Waals surface area contributed by atoms with Gasteiger partial charge in [-0.3, -0.25) is 4.90 Å². The lowest BCUT2D eigenvalue weighted by atomic mass is 10.1. The number of nitrogen functional groups attached to an aromatic ring is 1. The van der Waals surface area contributed by atoms with Crippen molar-refractivity contribution in [3.05, 3.63) is 18.2 Å². The zero-order chi connectivity index (χ0) is 14.5. The van der Waals surface area contributed by atoms with Crippen LogP contribution < -0.4 is 15.8 Å². The Hall–Kier alpha value is -1.46. The monoisotopic (exact) mass is 278 g/mol. The lowest BCUT2D eigenvalue weighted by Crippen LogP contribution is -2.52. The van der Waals surface area contributed by atoms with Crippen molar-refractivity contribution in [3.8, 4) is 5.75 Å². The molecule has 0 aromatic heterocycles. The van der Waals surface area contributed by atoms with Crippen molar-refractivity contribution in [2.45, 2.75) is 13.0 Å². The Balaban J connectivity index is 1.94. The molecule has 5 nitrogen and oxygen atoms in total. The largest absolute Gasteiger partial charge is 0.492 e. The van der Waals surface area contributed by atoms with Crippen molar-refractivity contribution in [1.29, 1.82) is 0 Å². The molecule has 1 unspecified atom stereocenters. The quantitative estimate of drug-likeness (QED) is 0.796. The minimum atomic E-state index is 0.529. The van der Waals surface area contributed by atoms with E-state index in [1.165, 1.54) is 0 Å². The highest BCUT2D eigenvalue weighted by Gasteiger charge is 2.21. The van der Waals surface area contributed by atoms with Crippen molar-refractivity contribution < 1.29 is 4.74 Å². The molecule has 20 heavy (non-hydrogen) atoms. The van der Waals surface area contributed by atoms with Crippen LogP contribution in [0.3, 0.4) is 0 Å². The van der Waals surface area contributed by atoms with Gasteiger partial charge >= 0.3 is 0 Å². The first-order chi connectivity index (χ1) is 9.60. The van der Waals surface area contributed by atoms with Gasteiger partial charge in [-0.15, -0.1) is 0 Å². The number of anilines is 2. The van der Waals surface area contributed by atoms with Crippen LogP contribution in [0.15, 0.2) is 18.2 Å². The molecule has 0 radical (unpaired) electrons. The zero-order valence-corrected chi connectivity index (χ0v) is 12.7. The molecule has 0 bridgehead atoms. The molecule has 1 aliphatic heterocycles. The highest BCUT2D eigenvalue weighted by atomic mass is 16.5. The van der Waals surface area contributed by atoms with E-state index in [-0.39, 0.29) is 0 Å². The van der Waals surface area contributed by atoms with Crippen LogP contribution >= 0.6 is 0 Å². The first-order valence-corrected chi connectivity index (χ1v) is 7.25. The lowest BCUT2D eigenvalue weighted by molar-refractivity contribution is 0.122. The van der Waals surface area contributed by atoms with Crippen LogP contribution in [0.2, 0.25) is 0 Å². The number of likely N-dealkylation sites (N-methyl/N-ethyl adjacent to an activating group) is 2. The molecular formula is C15H26N4O. The molecule has 1 heterocycles. The van der Waals surface area contributed by atoms with Gasteiger partial charge in [0.1, 0.15) is 5.75 Å². The Morgan fingerprint density at radius 2 is 2.15 bits per heavy atom. The number of ether oxygens (including phenoxy) is 1. The van der Waals surface area contributed by atoms with E-state index in [0.717, 1.165) is 37.6 Å². The smallest absolute Gasteiger partial charge is 0.144 e. The van der Waals surface area contributed by atoms with E-state index >= 15 is 0 Å². The molecule has 2 rings (SSSR count). The third kappa shape index (κ3) is 3.77. The molecule has 1 aromatic rings. The van der Waals surface area contributed by atoms with Gasteiger partial charge in [-0.05, 0) is 33.2 Å². The van der Waals surface area contributed by atoms with E-state index in [1.807, 2.05) is 25.1 Å². The average molecular weight is 278 g/mol. The van der Waals surface area contributed by atoms with Crippen molar-refractivity contribution >= 4 is 11.4 Å². The molecule has 1 aliphatic rings. The summed E-state index contributed by atoms with van der Waals surface area (Å²) < 4.78 is 5.52. The summed E-state index contributed by atoms with van der Waals surface area (Å²) in [6.07, 6.45) is 0. The van der Waals surface area contributed by atoms with Crippen molar-refractivity contribution in [1.82, 2.24) is 9.80 Å². The second kappa shape index (κ2) is 6.81. The summed E-state index contributed by atoms with van der Waals surface area (Å²) in [7, 11) is 4.37. The number of benzene rings is 1. The van der Waals surface area contributed by atoms with Crippen LogP contribution in [-0.2, 0) is 0 Å². The molecule has 0 aliphatic carbocycles. The highest BCUT2D eigenvalue weighted by molar-refractivity contribution is 5.61. The fraction of sp³-hybridized carbons (Fsp3) is 0.600. The zero-order valence-electron chi connectivity index (χ0n) is 12.7. The lowest BCUT2D eigenvalue weighted by Gasteiger charge is -2.37. The van der Waals surface area contributed by atoms with Crippen LogP contribution in [0.4, 0.5) is 11.4 Å². The average Bonchev–Trinajstić information content (AvgIpc) is 2.43. The van der Waals surface area contributed by atoms with Gasteiger partial charge in [0.15, 0.2) is 0 Å². The molecular weight excluding hydrogens is 252 g/mol. The van der Waals surface area contributed by atoms with Crippen molar-refractivity contribution in [2.24, 2.45) is 0 Å². The minimum absolute atomic E-state index is 0.529. The summed E-state index contributed by atoms with van der Waals surface area (Å²) in [5.41, 5.74) is 7.63. The molecule has 5 heteroatoms. The molecule has 1 atom stereocenters. The number of hydrogen-bond acceptors (Lipinski definition) is 5. The van der Waals surface area contributed by atoms with Gasteiger partial charge in [0.05, 0.1) is 12.3 Å². The van der Waals surface area contributed by atoms with Gasteiger partial charge in [0.2, 0.25) is 0 Å². The Kier molecular flexibility index (Phi) is 5.09. The third-order valence-corrected chi connectivity index (χ3v) is 3.84. The van der Waals surface area contributed by atoms with E-state index in [4.69, 9.17) is 10.5 Å². The molecule has 1 aromatic carbocycles. The van der Waals surface area contributed by atoms with Crippen LogP contribution in [0, 0.1) is 0 Å². The molecule has 1 saturated heterocycles. The van der Waals surface area contributed by atoms with Crippen LogP contribution in [-0.4, -0.2) is 62.7 Å². The second-order valence-corrected chi connectivity index (χ2v) is 5.46. The molecule has 3 N–H and O–H groups in total. The first-order valence-electron chi connectivity index (χ1n) is 7.25. The maximum absolute atomic E-state index is 5.89. The van der Waals surface area contributed by atoms with Crippen molar-refractivity contribution in [2.75, 3.05) is 57.9 Å². The van der Waals surface area contributed by atoms with E-state index in [9.17, 15) is 0 Å². The summed E-state index contributed by atoms with van der Waals surface area (Å²) in [6, 6.07) is 6.40. The Morgan fingerprint density at radius 1 is 1.35 bits per heavy atom. The summed E-state index contributed by atoms with van der Waals surface area (Å²) in [5, 5.41) is 3.49. The van der Waals surface area contributed by atoms with E-state index in [2.05, 4.69) is 29.2 Å². The van der Waals surface area contributed by atoms with Gasteiger partial charge in [-0.25, -0.2) is 0 Å². The molecule has 0 saturated carbocycles. The van der Waals surface area contributed by atoms with Crippen molar-refractivity contribution in [3.63, 3.8) is 0 Å². The summed E-state index contributed by atoms with van der Waals surface area (Å²) in [4.78, 5) is 4.79. The number of nitrogens with two attached hydrogens (primary N) is 1. The standard InChI is InChI=1S/C15H26N4O/c1-4-20-15-9-12(5-6-14(15)16)17-10-13-11-18(2)7-8-19(13)3/h5-6,9,13,17H,4,7-8,10-11,16H2,1-3H3. The molecule has 1 fully saturated rings. The molecule has 0 amide bonds. The van der Waals surface area contributed by atoms with Gasteiger partial charge in [-0.2, -0.15) is 0 Å². The Morgan fingerprint density at radius 3 is 2.90 bits per heavy atom. The summed E-state index contributed by atoms with van der Waals surface area (Å²) in [6.45, 7) is 6.88. The number of nitrogens with zero attached hydrogens (tertiary/aromatic N) is 2. The third-order valence-electron chi connectivity index (χ3n) is 3.84. The van der Waals surface area contributed by atoms with E-state index in [1.54, 1.807) is 0 Å². The second-order valence-electron chi connectivity index (χ2n) is 5.46. The number of nitrogens with one attached hydrogen (secondary N) is 1. The van der Waals surface area contributed by atoms with Crippen LogP contribution in [0.1, 0.15) is 6.92 Å². The maximum atomic E-state index is 5.89. The predicted octanol–water partition coefficient (Wildman–Crippen LogP) is 1.33. The number of piperazine rings is 1. The first kappa shape index (κ1) is 14.9.